The average Bonchev–Trinajstić information content (AvgIpc) is 2.83. The van der Waals surface area contributed by atoms with Crippen LogP contribution in [0.15, 0.2) is 36.8 Å². The Morgan fingerprint density at radius 1 is 1.21 bits per heavy atom. The van der Waals surface area contributed by atoms with E-state index in [0.717, 1.165) is 13.1 Å². The van der Waals surface area contributed by atoms with Crippen LogP contribution in [0, 0.1) is 0 Å². The van der Waals surface area contributed by atoms with Crippen molar-refractivity contribution in [2.45, 2.75) is 46.2 Å². The third-order valence-electron chi connectivity index (χ3n) is 3.33. The van der Waals surface area contributed by atoms with Gasteiger partial charge in [-0.25, -0.2) is 4.98 Å². The Kier molecular flexibility index (Phi) is 3.93. The van der Waals surface area contributed by atoms with Gasteiger partial charge in [0.15, 0.2) is 0 Å². The molecule has 0 saturated heterocycles. The molecule has 0 spiro atoms. The fraction of sp³-hybridized carbons (Fsp3) is 0.438. The van der Waals surface area contributed by atoms with Gasteiger partial charge in [-0.05, 0) is 24.0 Å². The van der Waals surface area contributed by atoms with Gasteiger partial charge in [0.05, 0.1) is 18.6 Å². The number of rotatable bonds is 4. The summed E-state index contributed by atoms with van der Waals surface area (Å²) < 4.78 is 2.16. The van der Waals surface area contributed by atoms with Crippen molar-refractivity contribution in [2.24, 2.45) is 0 Å². The van der Waals surface area contributed by atoms with Gasteiger partial charge >= 0.3 is 0 Å². The second-order valence-electron chi connectivity index (χ2n) is 5.82. The van der Waals surface area contributed by atoms with Gasteiger partial charge in [0.1, 0.15) is 0 Å². The van der Waals surface area contributed by atoms with Crippen molar-refractivity contribution in [3.63, 3.8) is 0 Å². The van der Waals surface area contributed by atoms with Crippen molar-refractivity contribution < 1.29 is 0 Å². The van der Waals surface area contributed by atoms with E-state index < -0.39 is 0 Å². The molecule has 102 valence electrons. The maximum absolute atomic E-state index is 4.20. The molecule has 0 unspecified atom stereocenters. The second kappa shape index (κ2) is 5.47. The number of nitrogens with one attached hydrogen (secondary N) is 1. The summed E-state index contributed by atoms with van der Waals surface area (Å²) in [6.45, 7) is 10.6. The van der Waals surface area contributed by atoms with Crippen molar-refractivity contribution in [3.8, 4) is 0 Å². The van der Waals surface area contributed by atoms with Gasteiger partial charge in [0, 0.05) is 18.4 Å². The molecule has 0 saturated carbocycles. The molecule has 0 aliphatic rings. The number of hydrogen-bond acceptors (Lipinski definition) is 2. The lowest BCUT2D eigenvalue weighted by molar-refractivity contribution is 0.591. The number of anilines is 1. The predicted molar refractivity (Wildman–Crippen MR) is 80.4 cm³/mol. The molecule has 0 aliphatic heterocycles. The van der Waals surface area contributed by atoms with Crippen molar-refractivity contribution in [3.05, 3.63) is 48.0 Å². The Balaban J connectivity index is 2.16. The first-order valence-electron chi connectivity index (χ1n) is 6.84. The first kappa shape index (κ1) is 13.7. The summed E-state index contributed by atoms with van der Waals surface area (Å²) in [4.78, 5) is 4.20. The normalized spacial score (nSPS) is 11.6. The van der Waals surface area contributed by atoms with E-state index in [-0.39, 0.29) is 5.41 Å². The van der Waals surface area contributed by atoms with E-state index in [1.54, 1.807) is 0 Å². The maximum Gasteiger partial charge on any atom is 0.0948 e. The van der Waals surface area contributed by atoms with E-state index in [9.17, 15) is 0 Å². The Labute approximate surface area is 115 Å². The number of para-hydroxylation sites is 1. The van der Waals surface area contributed by atoms with Crippen LogP contribution >= 0.6 is 0 Å². The molecule has 0 amide bonds. The van der Waals surface area contributed by atoms with Gasteiger partial charge in [-0.1, -0.05) is 39.0 Å². The summed E-state index contributed by atoms with van der Waals surface area (Å²) >= 11 is 0. The zero-order valence-electron chi connectivity index (χ0n) is 12.3. The minimum absolute atomic E-state index is 0.147. The predicted octanol–water partition coefficient (Wildman–Crippen LogP) is 3.81. The lowest BCUT2D eigenvalue weighted by atomic mass is 9.86. The Bertz CT molecular complexity index is 535. The third kappa shape index (κ3) is 3.16. The third-order valence-corrected chi connectivity index (χ3v) is 3.33. The van der Waals surface area contributed by atoms with E-state index in [0.29, 0.717) is 0 Å². The molecule has 0 atom stereocenters. The molecular formula is C16H23N3. The monoisotopic (exact) mass is 257 g/mol. The molecule has 0 radical (unpaired) electrons. The summed E-state index contributed by atoms with van der Waals surface area (Å²) in [5.74, 6) is 0. The van der Waals surface area contributed by atoms with Crippen LogP contribution in [0.2, 0.25) is 0 Å². The molecule has 3 nitrogen and oxygen atoms in total. The lowest BCUT2D eigenvalue weighted by Crippen LogP contribution is -2.15. The van der Waals surface area contributed by atoms with Gasteiger partial charge in [-0.15, -0.1) is 0 Å². The van der Waals surface area contributed by atoms with E-state index in [1.807, 2.05) is 12.5 Å². The lowest BCUT2D eigenvalue weighted by Gasteiger charge is -2.23. The highest BCUT2D eigenvalue weighted by Gasteiger charge is 2.17. The first-order chi connectivity index (χ1) is 9.02. The average molecular weight is 257 g/mol. The van der Waals surface area contributed by atoms with Crippen molar-refractivity contribution in [1.82, 2.24) is 9.55 Å². The first-order valence-corrected chi connectivity index (χ1v) is 6.84. The molecule has 1 aromatic heterocycles. The smallest absolute Gasteiger partial charge is 0.0948 e. The fourth-order valence-corrected chi connectivity index (χ4v) is 2.26. The van der Waals surface area contributed by atoms with Crippen LogP contribution in [0.4, 0.5) is 5.69 Å². The maximum atomic E-state index is 4.20. The molecule has 19 heavy (non-hydrogen) atoms. The molecule has 2 aromatic rings. The zero-order valence-corrected chi connectivity index (χ0v) is 12.3. The number of hydrogen-bond donors (Lipinski definition) is 1. The van der Waals surface area contributed by atoms with Gasteiger partial charge in [0.2, 0.25) is 0 Å². The number of imidazole rings is 1. The topological polar surface area (TPSA) is 29.9 Å². The van der Waals surface area contributed by atoms with E-state index in [1.165, 1.54) is 16.9 Å². The molecule has 3 heteroatoms. The summed E-state index contributed by atoms with van der Waals surface area (Å²) in [5.41, 5.74) is 3.91. The standard InChI is InChI=1S/C16H23N3/c1-5-19-12-17-10-13(19)11-18-15-9-7-6-8-14(15)16(2,3)4/h6-10,12,18H,5,11H2,1-4H3. The number of aryl methyl sites for hydroxylation is 1. The van der Waals surface area contributed by atoms with Gasteiger partial charge < -0.3 is 9.88 Å². The Morgan fingerprint density at radius 2 is 1.95 bits per heavy atom. The molecule has 2 rings (SSSR count). The fourth-order valence-electron chi connectivity index (χ4n) is 2.26. The summed E-state index contributed by atoms with van der Waals surface area (Å²) in [6.07, 6.45) is 3.81. The van der Waals surface area contributed by atoms with Crippen LogP contribution < -0.4 is 5.32 Å². The number of benzene rings is 1. The molecule has 0 aliphatic carbocycles. The van der Waals surface area contributed by atoms with E-state index >= 15 is 0 Å². The van der Waals surface area contributed by atoms with Crippen LogP contribution in [0.1, 0.15) is 39.0 Å². The minimum atomic E-state index is 0.147. The molecular weight excluding hydrogens is 234 g/mol. The molecule has 0 bridgehead atoms. The van der Waals surface area contributed by atoms with Crippen molar-refractivity contribution >= 4 is 5.69 Å². The molecule has 1 heterocycles. The summed E-state index contributed by atoms with van der Waals surface area (Å²) in [6, 6.07) is 8.52. The molecule has 1 aromatic carbocycles. The van der Waals surface area contributed by atoms with E-state index in [2.05, 4.69) is 66.8 Å². The van der Waals surface area contributed by atoms with Crippen molar-refractivity contribution in [2.75, 3.05) is 5.32 Å². The highest BCUT2D eigenvalue weighted by molar-refractivity contribution is 5.54. The van der Waals surface area contributed by atoms with Gasteiger partial charge in [0.25, 0.3) is 0 Å². The van der Waals surface area contributed by atoms with E-state index in [4.69, 9.17) is 0 Å². The summed E-state index contributed by atoms with van der Waals surface area (Å²) in [5, 5.41) is 3.54. The highest BCUT2D eigenvalue weighted by Crippen LogP contribution is 2.29. The van der Waals surface area contributed by atoms with Crippen LogP contribution in [-0.2, 0) is 18.5 Å². The Morgan fingerprint density at radius 3 is 2.63 bits per heavy atom. The largest absolute Gasteiger partial charge is 0.379 e. The zero-order chi connectivity index (χ0) is 13.9. The van der Waals surface area contributed by atoms with Crippen LogP contribution in [0.3, 0.4) is 0 Å². The number of nitrogens with zero attached hydrogens (tertiary/aromatic N) is 2. The van der Waals surface area contributed by atoms with Gasteiger partial charge in [-0.2, -0.15) is 0 Å². The number of aromatic nitrogens is 2. The molecule has 1 N–H and O–H groups in total. The van der Waals surface area contributed by atoms with Gasteiger partial charge in [-0.3, -0.25) is 0 Å². The quantitative estimate of drug-likeness (QED) is 0.902. The van der Waals surface area contributed by atoms with Crippen LogP contribution in [-0.4, -0.2) is 9.55 Å². The SMILES string of the molecule is CCn1cncc1CNc1ccccc1C(C)(C)C. The highest BCUT2D eigenvalue weighted by atomic mass is 15.1. The molecule has 0 fully saturated rings. The second-order valence-corrected chi connectivity index (χ2v) is 5.82. The Hall–Kier alpha value is -1.77. The summed E-state index contributed by atoms with van der Waals surface area (Å²) in [7, 11) is 0. The van der Waals surface area contributed by atoms with Crippen LogP contribution in [0.25, 0.3) is 0 Å². The van der Waals surface area contributed by atoms with Crippen LogP contribution in [0.5, 0.6) is 0 Å². The minimum Gasteiger partial charge on any atom is -0.379 e. The van der Waals surface area contributed by atoms with Crippen molar-refractivity contribution in [1.29, 1.82) is 0 Å².